The van der Waals surface area contributed by atoms with Crippen molar-refractivity contribution in [2.24, 2.45) is 0 Å². The molecule has 23 heavy (non-hydrogen) atoms. The van der Waals surface area contributed by atoms with Crippen LogP contribution in [0.1, 0.15) is 5.56 Å². The molecular weight excluding hydrogens is 306 g/mol. The lowest BCUT2D eigenvalue weighted by Crippen LogP contribution is -2.43. The number of fused-ring (bicyclic) bond motifs is 1. The van der Waals surface area contributed by atoms with Crippen LogP contribution in [0.2, 0.25) is 0 Å². The molecule has 1 saturated heterocycles. The number of H-pyrrole nitrogens is 1. The normalized spacial score (nSPS) is 18.5. The van der Waals surface area contributed by atoms with Gasteiger partial charge in [-0.15, -0.1) is 0 Å². The Morgan fingerprint density at radius 2 is 2.09 bits per heavy atom. The van der Waals surface area contributed by atoms with E-state index in [1.807, 2.05) is 11.8 Å². The van der Waals surface area contributed by atoms with E-state index >= 15 is 0 Å². The zero-order chi connectivity index (χ0) is 15.6. The Kier molecular flexibility index (Phi) is 3.97. The quantitative estimate of drug-likeness (QED) is 0.795. The smallest absolute Gasteiger partial charge is 0.103 e. The highest BCUT2D eigenvalue weighted by Gasteiger charge is 2.24. The Bertz CT molecular complexity index is 799. The van der Waals surface area contributed by atoms with Gasteiger partial charge in [-0.1, -0.05) is 29.5 Å². The molecule has 5 heteroatoms. The number of rotatable bonds is 3. The number of imidazole rings is 1. The van der Waals surface area contributed by atoms with E-state index in [0.717, 1.165) is 30.8 Å². The van der Waals surface area contributed by atoms with Crippen molar-refractivity contribution in [1.29, 1.82) is 0 Å². The number of aromatic amines is 1. The molecule has 0 aliphatic carbocycles. The number of aryl methyl sites for hydroxylation is 1. The molecule has 4 nitrogen and oxygen atoms in total. The molecule has 2 aromatic carbocycles. The fourth-order valence-corrected chi connectivity index (χ4v) is 3.98. The summed E-state index contributed by atoms with van der Waals surface area (Å²) in [6, 6.07) is 15.1. The first-order chi connectivity index (χ1) is 11.3. The lowest BCUT2D eigenvalue weighted by atomic mass is 10.2. The fourth-order valence-electron chi connectivity index (χ4n) is 2.85. The summed E-state index contributed by atoms with van der Waals surface area (Å²) >= 11 is 1.86. The Morgan fingerprint density at radius 1 is 1.22 bits per heavy atom. The number of nitrogens with zero attached hydrogens (tertiary/aromatic N) is 2. The number of hydrogen-bond acceptors (Lipinski definition) is 4. The minimum absolute atomic E-state index is 0.284. The highest BCUT2D eigenvalue weighted by Crippen LogP contribution is 2.32. The van der Waals surface area contributed by atoms with Crippen molar-refractivity contribution in [3.8, 4) is 0 Å². The zero-order valence-electron chi connectivity index (χ0n) is 13.0. The third kappa shape index (κ3) is 3.07. The molecular formula is C18H19N3OS. The predicted molar refractivity (Wildman–Crippen MR) is 95.1 cm³/mol. The third-order valence-corrected chi connectivity index (χ3v) is 5.32. The van der Waals surface area contributed by atoms with Gasteiger partial charge in [-0.05, 0) is 37.3 Å². The van der Waals surface area contributed by atoms with Gasteiger partial charge in [-0.2, -0.15) is 0 Å². The Hall–Kier alpha value is -1.98. The number of aromatic nitrogens is 2. The molecule has 3 aromatic rings. The molecule has 1 aliphatic rings. The van der Waals surface area contributed by atoms with Crippen molar-refractivity contribution in [3.05, 3.63) is 54.4 Å². The van der Waals surface area contributed by atoms with E-state index in [-0.39, 0.29) is 5.37 Å². The lowest BCUT2D eigenvalue weighted by molar-refractivity contribution is 0.115. The van der Waals surface area contributed by atoms with Crippen LogP contribution in [0.15, 0.2) is 53.7 Å². The van der Waals surface area contributed by atoms with E-state index in [1.165, 1.54) is 16.1 Å². The molecule has 0 radical (unpaired) electrons. The minimum Gasteiger partial charge on any atom is -0.377 e. The third-order valence-electron chi connectivity index (χ3n) is 4.11. The monoisotopic (exact) mass is 325 g/mol. The number of benzene rings is 2. The van der Waals surface area contributed by atoms with Crippen molar-refractivity contribution >= 4 is 28.5 Å². The summed E-state index contributed by atoms with van der Waals surface area (Å²) in [5.41, 5.74) is 4.59. The highest BCUT2D eigenvalue weighted by molar-refractivity contribution is 8.00. The van der Waals surface area contributed by atoms with Crippen LogP contribution in [-0.4, -0.2) is 35.1 Å². The van der Waals surface area contributed by atoms with Gasteiger partial charge in [0.2, 0.25) is 0 Å². The average Bonchev–Trinajstić information content (AvgIpc) is 3.05. The SMILES string of the molecule is Cc1ccc(SC2COCCN2c2ccc3nc[nH]c3c2)cc1. The number of thioether (sulfide) groups is 1. The molecule has 1 unspecified atom stereocenters. The van der Waals surface area contributed by atoms with E-state index in [9.17, 15) is 0 Å². The van der Waals surface area contributed by atoms with Crippen LogP contribution < -0.4 is 4.90 Å². The second-order valence-electron chi connectivity index (χ2n) is 5.76. The van der Waals surface area contributed by atoms with E-state index in [4.69, 9.17) is 4.74 Å². The summed E-state index contributed by atoms with van der Waals surface area (Å²) in [6.07, 6.45) is 1.74. The number of ether oxygens (including phenoxy) is 1. The number of nitrogens with one attached hydrogen (secondary N) is 1. The van der Waals surface area contributed by atoms with Crippen molar-refractivity contribution in [3.63, 3.8) is 0 Å². The maximum Gasteiger partial charge on any atom is 0.103 e. The van der Waals surface area contributed by atoms with Gasteiger partial charge in [-0.25, -0.2) is 4.98 Å². The minimum atomic E-state index is 0.284. The van der Waals surface area contributed by atoms with Gasteiger partial charge in [0.25, 0.3) is 0 Å². The molecule has 1 aromatic heterocycles. The summed E-state index contributed by atoms with van der Waals surface area (Å²) < 4.78 is 5.72. The first kappa shape index (κ1) is 14.6. The van der Waals surface area contributed by atoms with Gasteiger partial charge >= 0.3 is 0 Å². The maximum atomic E-state index is 5.72. The molecule has 1 atom stereocenters. The van der Waals surface area contributed by atoms with Crippen LogP contribution >= 0.6 is 11.8 Å². The molecule has 0 amide bonds. The van der Waals surface area contributed by atoms with Crippen molar-refractivity contribution in [2.75, 3.05) is 24.7 Å². The van der Waals surface area contributed by atoms with Gasteiger partial charge in [0.15, 0.2) is 0 Å². The summed E-state index contributed by atoms with van der Waals surface area (Å²) in [4.78, 5) is 11.2. The number of hydrogen-bond donors (Lipinski definition) is 1. The Balaban J connectivity index is 1.60. The second kappa shape index (κ2) is 6.26. The molecule has 2 heterocycles. The molecule has 0 bridgehead atoms. The molecule has 1 fully saturated rings. The summed E-state index contributed by atoms with van der Waals surface area (Å²) in [5.74, 6) is 0. The summed E-state index contributed by atoms with van der Waals surface area (Å²) in [5, 5.41) is 0.284. The van der Waals surface area contributed by atoms with E-state index in [1.54, 1.807) is 6.33 Å². The first-order valence-electron chi connectivity index (χ1n) is 7.80. The van der Waals surface area contributed by atoms with Gasteiger partial charge in [0.1, 0.15) is 5.37 Å². The van der Waals surface area contributed by atoms with E-state index in [0.29, 0.717) is 0 Å². The predicted octanol–water partition coefficient (Wildman–Crippen LogP) is 3.83. The lowest BCUT2D eigenvalue weighted by Gasteiger charge is -2.37. The number of morpholine rings is 1. The molecule has 4 rings (SSSR count). The standard InChI is InChI=1S/C18H19N3OS/c1-13-2-5-15(6-3-13)23-18-11-22-9-8-21(18)14-4-7-16-17(10-14)20-12-19-16/h2-7,10,12,18H,8-9,11H2,1H3,(H,19,20). The molecule has 1 aliphatic heterocycles. The van der Waals surface area contributed by atoms with E-state index < -0.39 is 0 Å². The van der Waals surface area contributed by atoms with E-state index in [2.05, 4.69) is 64.3 Å². The first-order valence-corrected chi connectivity index (χ1v) is 8.68. The van der Waals surface area contributed by atoms with Crippen LogP contribution in [0.5, 0.6) is 0 Å². The number of anilines is 1. The second-order valence-corrected chi connectivity index (χ2v) is 7.01. The van der Waals surface area contributed by atoms with Crippen LogP contribution in [0.25, 0.3) is 11.0 Å². The summed E-state index contributed by atoms with van der Waals surface area (Å²) in [6.45, 7) is 4.53. The highest BCUT2D eigenvalue weighted by atomic mass is 32.2. The van der Waals surface area contributed by atoms with Crippen LogP contribution in [0.3, 0.4) is 0 Å². The molecule has 1 N–H and O–H groups in total. The Morgan fingerprint density at radius 3 is 2.96 bits per heavy atom. The van der Waals surface area contributed by atoms with Crippen LogP contribution in [0, 0.1) is 6.92 Å². The summed E-state index contributed by atoms with van der Waals surface area (Å²) in [7, 11) is 0. The maximum absolute atomic E-state index is 5.72. The van der Waals surface area contributed by atoms with Gasteiger partial charge < -0.3 is 14.6 Å². The van der Waals surface area contributed by atoms with Crippen molar-refractivity contribution in [2.45, 2.75) is 17.2 Å². The van der Waals surface area contributed by atoms with Crippen LogP contribution in [-0.2, 0) is 4.74 Å². The fraction of sp³-hybridized carbons (Fsp3) is 0.278. The molecule has 0 spiro atoms. The molecule has 118 valence electrons. The largest absolute Gasteiger partial charge is 0.377 e. The Labute approximate surface area is 139 Å². The van der Waals surface area contributed by atoms with Gasteiger partial charge in [0.05, 0.1) is 30.6 Å². The van der Waals surface area contributed by atoms with Crippen molar-refractivity contribution < 1.29 is 4.74 Å². The van der Waals surface area contributed by atoms with Crippen molar-refractivity contribution in [1.82, 2.24) is 9.97 Å². The molecule has 0 saturated carbocycles. The zero-order valence-corrected chi connectivity index (χ0v) is 13.8. The van der Waals surface area contributed by atoms with Crippen LogP contribution in [0.4, 0.5) is 5.69 Å². The van der Waals surface area contributed by atoms with Gasteiger partial charge in [-0.3, -0.25) is 0 Å². The average molecular weight is 325 g/mol. The van der Waals surface area contributed by atoms with Gasteiger partial charge in [0, 0.05) is 17.1 Å². The topological polar surface area (TPSA) is 41.1 Å².